The minimum absolute atomic E-state index is 0.0241. The van der Waals surface area contributed by atoms with Crippen molar-refractivity contribution in [2.75, 3.05) is 0 Å². The van der Waals surface area contributed by atoms with Crippen molar-refractivity contribution in [3.8, 4) is 12.3 Å². The molecule has 0 bridgehead atoms. The maximum absolute atomic E-state index is 11.1. The Morgan fingerprint density at radius 2 is 2.07 bits per heavy atom. The minimum Gasteiger partial charge on any atom is -0.530 e. The standard InChI is InChI=1S/C12H19NO2/c1-5-9-6-7-10(8-9)13(11(14)15)12(2,3)4/h1,9-10H,6-8H2,2-4H3,(H,14,15)/p-1. The molecule has 84 valence electrons. The molecule has 0 aromatic carbocycles. The lowest BCUT2D eigenvalue weighted by molar-refractivity contribution is -0.273. The Morgan fingerprint density at radius 1 is 1.47 bits per heavy atom. The summed E-state index contributed by atoms with van der Waals surface area (Å²) in [6.45, 7) is 5.64. The van der Waals surface area contributed by atoms with Gasteiger partial charge in [0.15, 0.2) is 0 Å². The number of carboxylic acid groups (broad SMARTS) is 1. The van der Waals surface area contributed by atoms with E-state index in [-0.39, 0.29) is 12.0 Å². The molecule has 1 rings (SSSR count). The topological polar surface area (TPSA) is 43.4 Å². The van der Waals surface area contributed by atoms with Gasteiger partial charge in [0, 0.05) is 17.5 Å². The highest BCUT2D eigenvalue weighted by atomic mass is 16.4. The number of terminal acetylenes is 1. The van der Waals surface area contributed by atoms with Gasteiger partial charge in [0.2, 0.25) is 0 Å². The van der Waals surface area contributed by atoms with E-state index in [1.807, 2.05) is 20.8 Å². The van der Waals surface area contributed by atoms with Crippen LogP contribution < -0.4 is 5.11 Å². The molecule has 2 atom stereocenters. The van der Waals surface area contributed by atoms with E-state index in [9.17, 15) is 9.90 Å². The second-order valence-electron chi connectivity index (χ2n) is 5.14. The number of carbonyl (C=O) groups excluding carboxylic acids is 1. The van der Waals surface area contributed by atoms with E-state index in [1.165, 1.54) is 4.90 Å². The number of carbonyl (C=O) groups is 1. The van der Waals surface area contributed by atoms with Gasteiger partial charge in [-0.3, -0.25) is 0 Å². The van der Waals surface area contributed by atoms with Crippen molar-refractivity contribution in [3.05, 3.63) is 0 Å². The van der Waals surface area contributed by atoms with Crippen LogP contribution in [0, 0.1) is 18.3 Å². The fourth-order valence-corrected chi connectivity index (χ4v) is 2.31. The first-order chi connectivity index (χ1) is 6.86. The Balaban J connectivity index is 2.76. The summed E-state index contributed by atoms with van der Waals surface area (Å²) in [6, 6.07) is 0.0241. The first-order valence-corrected chi connectivity index (χ1v) is 5.32. The van der Waals surface area contributed by atoms with Gasteiger partial charge >= 0.3 is 0 Å². The number of hydrogen-bond donors (Lipinski definition) is 0. The summed E-state index contributed by atoms with van der Waals surface area (Å²) in [7, 11) is 0. The Labute approximate surface area is 91.5 Å². The highest BCUT2D eigenvalue weighted by Gasteiger charge is 2.34. The predicted octanol–water partition coefficient (Wildman–Crippen LogP) is 1.23. The van der Waals surface area contributed by atoms with Crippen LogP contribution in [0.1, 0.15) is 40.0 Å². The molecule has 2 unspecified atom stereocenters. The maximum Gasteiger partial charge on any atom is 0.137 e. The molecule has 0 aliphatic heterocycles. The SMILES string of the molecule is C#CC1CCC(N(C(=O)[O-])C(C)(C)C)C1. The van der Waals surface area contributed by atoms with Crippen LogP contribution in [-0.2, 0) is 0 Å². The highest BCUT2D eigenvalue weighted by molar-refractivity contribution is 5.64. The monoisotopic (exact) mass is 208 g/mol. The fraction of sp³-hybridized carbons (Fsp3) is 0.750. The first-order valence-electron chi connectivity index (χ1n) is 5.32. The molecule has 1 aliphatic rings. The van der Waals surface area contributed by atoms with E-state index < -0.39 is 11.6 Å². The lowest BCUT2D eigenvalue weighted by Crippen LogP contribution is -2.55. The van der Waals surface area contributed by atoms with E-state index in [2.05, 4.69) is 5.92 Å². The third kappa shape index (κ3) is 2.65. The zero-order valence-electron chi connectivity index (χ0n) is 9.62. The molecule has 1 fully saturated rings. The van der Waals surface area contributed by atoms with Crippen LogP contribution in [0.2, 0.25) is 0 Å². The average Bonchev–Trinajstić information content (AvgIpc) is 2.49. The van der Waals surface area contributed by atoms with E-state index in [1.54, 1.807) is 0 Å². The number of amides is 1. The molecular formula is C12H18NO2-. The molecule has 0 saturated heterocycles. The van der Waals surface area contributed by atoms with Crippen molar-refractivity contribution >= 4 is 6.09 Å². The number of rotatable bonds is 1. The quantitative estimate of drug-likeness (QED) is 0.608. The fourth-order valence-electron chi connectivity index (χ4n) is 2.31. The lowest BCUT2D eigenvalue weighted by Gasteiger charge is -2.42. The van der Waals surface area contributed by atoms with Gasteiger partial charge in [0.1, 0.15) is 6.09 Å². The largest absolute Gasteiger partial charge is 0.530 e. The summed E-state index contributed by atoms with van der Waals surface area (Å²) in [6.07, 6.45) is 6.79. The summed E-state index contributed by atoms with van der Waals surface area (Å²) >= 11 is 0. The molecule has 0 aromatic heterocycles. The van der Waals surface area contributed by atoms with E-state index in [0.717, 1.165) is 19.3 Å². The van der Waals surface area contributed by atoms with Crippen LogP contribution >= 0.6 is 0 Å². The van der Waals surface area contributed by atoms with Crippen molar-refractivity contribution in [2.24, 2.45) is 5.92 Å². The third-order valence-electron chi connectivity index (χ3n) is 2.93. The molecule has 1 aliphatic carbocycles. The Kier molecular flexibility index (Phi) is 3.28. The molecule has 0 spiro atoms. The van der Waals surface area contributed by atoms with Crippen molar-refractivity contribution < 1.29 is 9.90 Å². The van der Waals surface area contributed by atoms with Crippen molar-refractivity contribution in [1.82, 2.24) is 4.90 Å². The first kappa shape index (κ1) is 11.9. The number of hydrogen-bond acceptors (Lipinski definition) is 2. The molecule has 0 N–H and O–H groups in total. The van der Waals surface area contributed by atoms with Gasteiger partial charge in [-0.1, -0.05) is 0 Å². The van der Waals surface area contributed by atoms with Gasteiger partial charge in [-0.2, -0.15) is 0 Å². The van der Waals surface area contributed by atoms with Gasteiger partial charge < -0.3 is 14.8 Å². The molecule has 3 nitrogen and oxygen atoms in total. The van der Waals surface area contributed by atoms with Crippen molar-refractivity contribution in [2.45, 2.75) is 51.6 Å². The molecule has 3 heteroatoms. The van der Waals surface area contributed by atoms with Crippen LogP contribution in [-0.4, -0.2) is 22.6 Å². The molecular weight excluding hydrogens is 190 g/mol. The molecule has 0 heterocycles. The van der Waals surface area contributed by atoms with E-state index in [0.29, 0.717) is 0 Å². The normalized spacial score (nSPS) is 26.0. The number of nitrogens with zero attached hydrogens (tertiary/aromatic N) is 1. The smallest absolute Gasteiger partial charge is 0.137 e. The molecule has 1 amide bonds. The molecule has 0 radical (unpaired) electrons. The Bertz CT molecular complexity index is 285. The third-order valence-corrected chi connectivity index (χ3v) is 2.93. The minimum atomic E-state index is -1.09. The summed E-state index contributed by atoms with van der Waals surface area (Å²) < 4.78 is 0. The van der Waals surface area contributed by atoms with Crippen molar-refractivity contribution in [1.29, 1.82) is 0 Å². The Hall–Kier alpha value is -1.17. The van der Waals surface area contributed by atoms with Gasteiger partial charge in [-0.25, -0.2) is 0 Å². The van der Waals surface area contributed by atoms with Gasteiger partial charge in [0.05, 0.1) is 0 Å². The molecule has 15 heavy (non-hydrogen) atoms. The Morgan fingerprint density at radius 3 is 2.40 bits per heavy atom. The summed E-state index contributed by atoms with van der Waals surface area (Å²) in [5, 5.41) is 11.1. The summed E-state index contributed by atoms with van der Waals surface area (Å²) in [4.78, 5) is 12.5. The average molecular weight is 208 g/mol. The van der Waals surface area contributed by atoms with Gasteiger partial charge in [-0.15, -0.1) is 12.3 Å². The van der Waals surface area contributed by atoms with E-state index in [4.69, 9.17) is 6.42 Å². The second kappa shape index (κ2) is 4.14. The second-order valence-corrected chi connectivity index (χ2v) is 5.14. The van der Waals surface area contributed by atoms with Gasteiger partial charge in [0.25, 0.3) is 0 Å². The lowest BCUT2D eigenvalue weighted by atomic mass is 10.0. The van der Waals surface area contributed by atoms with Crippen LogP contribution in [0.4, 0.5) is 4.79 Å². The maximum atomic E-state index is 11.1. The van der Waals surface area contributed by atoms with Crippen LogP contribution in [0.3, 0.4) is 0 Å². The van der Waals surface area contributed by atoms with Crippen molar-refractivity contribution in [3.63, 3.8) is 0 Å². The van der Waals surface area contributed by atoms with Crippen LogP contribution in [0.25, 0.3) is 0 Å². The van der Waals surface area contributed by atoms with Crippen LogP contribution in [0.15, 0.2) is 0 Å². The van der Waals surface area contributed by atoms with Gasteiger partial charge in [-0.05, 0) is 40.0 Å². The highest BCUT2D eigenvalue weighted by Crippen LogP contribution is 2.32. The summed E-state index contributed by atoms with van der Waals surface area (Å²) in [5.41, 5.74) is -0.410. The predicted molar refractivity (Wildman–Crippen MR) is 57.0 cm³/mol. The van der Waals surface area contributed by atoms with E-state index >= 15 is 0 Å². The zero-order valence-corrected chi connectivity index (χ0v) is 9.62. The molecule has 1 saturated carbocycles. The van der Waals surface area contributed by atoms with Crippen LogP contribution in [0.5, 0.6) is 0 Å². The summed E-state index contributed by atoms with van der Waals surface area (Å²) in [5.74, 6) is 2.92. The zero-order chi connectivity index (χ0) is 11.6. The molecule has 0 aromatic rings.